The number of hydrogen-bond donors (Lipinski definition) is 1. The van der Waals surface area contributed by atoms with E-state index in [2.05, 4.69) is 0 Å². The molecule has 2 atom stereocenters. The molecule has 0 radical (unpaired) electrons. The Bertz CT molecular complexity index is 848. The molecule has 6 heteroatoms. The van der Waals surface area contributed by atoms with Gasteiger partial charge in [-0.05, 0) is 69.0 Å². The van der Waals surface area contributed by atoms with Crippen molar-refractivity contribution < 1.29 is 19.0 Å². The van der Waals surface area contributed by atoms with Crippen LogP contribution in [-0.4, -0.2) is 28.2 Å². The zero-order chi connectivity index (χ0) is 21.2. The Hall–Kier alpha value is -2.11. The second-order valence-electron chi connectivity index (χ2n) is 8.35. The topological polar surface area (TPSA) is 49.8 Å². The summed E-state index contributed by atoms with van der Waals surface area (Å²) in [7, 11) is 0. The fraction of sp³-hybridized carbons (Fsp3) is 0.435. The molecule has 1 amide bonds. The molecule has 29 heavy (non-hydrogen) atoms. The first kappa shape index (κ1) is 21.6. The minimum Gasteiger partial charge on any atom is -0.438 e. The van der Waals surface area contributed by atoms with Crippen LogP contribution in [0.25, 0.3) is 0 Å². The first-order valence-electron chi connectivity index (χ1n) is 9.83. The zero-order valence-electron chi connectivity index (χ0n) is 17.0. The molecule has 3 rings (SSSR count). The number of aliphatic hydroxyl groups is 1. The van der Waals surface area contributed by atoms with Crippen molar-refractivity contribution in [2.75, 3.05) is 6.54 Å². The van der Waals surface area contributed by atoms with E-state index in [1.54, 1.807) is 43.0 Å². The highest BCUT2D eigenvalue weighted by atomic mass is 35.5. The molecule has 2 aromatic rings. The van der Waals surface area contributed by atoms with E-state index < -0.39 is 17.3 Å². The van der Waals surface area contributed by atoms with Crippen molar-refractivity contribution in [3.05, 3.63) is 70.5 Å². The van der Waals surface area contributed by atoms with E-state index in [0.29, 0.717) is 30.8 Å². The summed E-state index contributed by atoms with van der Waals surface area (Å²) in [6, 6.07) is 13.3. The molecule has 1 aliphatic rings. The summed E-state index contributed by atoms with van der Waals surface area (Å²) in [6.07, 6.45) is 1.04. The van der Waals surface area contributed by atoms with E-state index in [0.717, 1.165) is 11.1 Å². The fourth-order valence-corrected chi connectivity index (χ4v) is 3.85. The molecule has 0 aromatic heterocycles. The van der Waals surface area contributed by atoms with E-state index in [1.165, 1.54) is 12.1 Å². The molecule has 1 unspecified atom stereocenters. The molecule has 1 N–H and O–H groups in total. The molecule has 0 bridgehead atoms. The number of carbonyl (C=O) groups excluding carboxylic acids is 1. The third-order valence-electron chi connectivity index (χ3n) is 5.60. The van der Waals surface area contributed by atoms with Crippen molar-refractivity contribution in [2.24, 2.45) is 0 Å². The fourth-order valence-electron chi connectivity index (χ4n) is 3.73. The number of cyclic esters (lactones) is 1. The highest BCUT2D eigenvalue weighted by Crippen LogP contribution is 2.41. The van der Waals surface area contributed by atoms with Gasteiger partial charge in [-0.15, -0.1) is 0 Å². The Morgan fingerprint density at radius 3 is 2.38 bits per heavy atom. The normalized spacial score (nSPS) is 21.0. The Morgan fingerprint density at radius 2 is 1.83 bits per heavy atom. The van der Waals surface area contributed by atoms with Gasteiger partial charge in [-0.1, -0.05) is 35.9 Å². The van der Waals surface area contributed by atoms with E-state index >= 15 is 0 Å². The lowest BCUT2D eigenvalue weighted by atomic mass is 9.82. The number of rotatable bonds is 6. The Morgan fingerprint density at radius 1 is 1.21 bits per heavy atom. The number of amides is 1. The smallest absolute Gasteiger partial charge is 0.411 e. The first-order valence-corrected chi connectivity index (χ1v) is 10.2. The summed E-state index contributed by atoms with van der Waals surface area (Å²) in [5.74, 6) is -0.341. The van der Waals surface area contributed by atoms with E-state index in [-0.39, 0.29) is 11.9 Å². The van der Waals surface area contributed by atoms with Gasteiger partial charge in [0.2, 0.25) is 0 Å². The number of ether oxygens (including phenoxy) is 1. The van der Waals surface area contributed by atoms with E-state index in [4.69, 9.17) is 16.3 Å². The van der Waals surface area contributed by atoms with Crippen LogP contribution in [0.3, 0.4) is 0 Å². The number of nitrogens with zero attached hydrogens (tertiary/aromatic N) is 1. The van der Waals surface area contributed by atoms with Gasteiger partial charge in [-0.25, -0.2) is 9.18 Å². The second-order valence-corrected chi connectivity index (χ2v) is 8.79. The standard InChI is InChI=1S/C23H27ClFNO3/c1-16(17-4-8-19(24)9-5-17)26-15-14-23(29-21(26)27,13-12-22(2,3)28)18-6-10-20(25)11-7-18/h4-11,16,28H,12-15H2,1-3H3/t16-,23?/m0/s1. The lowest BCUT2D eigenvalue weighted by Crippen LogP contribution is -2.49. The highest BCUT2D eigenvalue weighted by molar-refractivity contribution is 6.30. The maximum atomic E-state index is 13.4. The van der Waals surface area contributed by atoms with Crippen LogP contribution in [0.2, 0.25) is 5.02 Å². The summed E-state index contributed by atoms with van der Waals surface area (Å²) in [4.78, 5) is 14.7. The molecule has 0 saturated carbocycles. The first-order chi connectivity index (χ1) is 13.6. The Kier molecular flexibility index (Phi) is 6.20. The van der Waals surface area contributed by atoms with Crippen LogP contribution in [0.4, 0.5) is 9.18 Å². The lowest BCUT2D eigenvalue weighted by Gasteiger charge is -2.44. The monoisotopic (exact) mass is 419 g/mol. The second kappa shape index (κ2) is 8.33. The molecule has 1 aliphatic heterocycles. The third-order valence-corrected chi connectivity index (χ3v) is 5.86. The van der Waals surface area contributed by atoms with Crippen molar-refractivity contribution in [1.82, 2.24) is 4.90 Å². The average molecular weight is 420 g/mol. The van der Waals surface area contributed by atoms with Crippen molar-refractivity contribution in [2.45, 2.75) is 57.3 Å². The average Bonchev–Trinajstić information content (AvgIpc) is 2.66. The van der Waals surface area contributed by atoms with Gasteiger partial charge < -0.3 is 14.7 Å². The van der Waals surface area contributed by atoms with Gasteiger partial charge in [0.1, 0.15) is 11.4 Å². The van der Waals surface area contributed by atoms with Gasteiger partial charge in [-0.3, -0.25) is 0 Å². The predicted molar refractivity (Wildman–Crippen MR) is 111 cm³/mol. The van der Waals surface area contributed by atoms with Crippen LogP contribution in [0.5, 0.6) is 0 Å². The summed E-state index contributed by atoms with van der Waals surface area (Å²) in [6.45, 7) is 5.90. The molecule has 0 aliphatic carbocycles. The molecule has 0 spiro atoms. The number of carbonyl (C=O) groups is 1. The number of halogens is 2. The van der Waals surface area contributed by atoms with Gasteiger partial charge in [-0.2, -0.15) is 0 Å². The van der Waals surface area contributed by atoms with E-state index in [9.17, 15) is 14.3 Å². The van der Waals surface area contributed by atoms with Crippen molar-refractivity contribution >= 4 is 17.7 Å². The van der Waals surface area contributed by atoms with Gasteiger partial charge in [0, 0.05) is 18.0 Å². The molecule has 4 nitrogen and oxygen atoms in total. The summed E-state index contributed by atoms with van der Waals surface area (Å²) < 4.78 is 19.5. The molecule has 1 fully saturated rings. The molecule has 2 aromatic carbocycles. The predicted octanol–water partition coefficient (Wildman–Crippen LogP) is 5.83. The van der Waals surface area contributed by atoms with Crippen LogP contribution in [-0.2, 0) is 10.3 Å². The Balaban J connectivity index is 1.84. The molecule has 156 valence electrons. The van der Waals surface area contributed by atoms with Crippen molar-refractivity contribution in [1.29, 1.82) is 0 Å². The molecule has 1 saturated heterocycles. The summed E-state index contributed by atoms with van der Waals surface area (Å²) in [5, 5.41) is 10.9. The summed E-state index contributed by atoms with van der Waals surface area (Å²) in [5.41, 5.74) is -0.0684. The van der Waals surface area contributed by atoms with Crippen molar-refractivity contribution in [3.8, 4) is 0 Å². The van der Waals surface area contributed by atoms with Gasteiger partial charge in [0.05, 0.1) is 11.6 Å². The maximum absolute atomic E-state index is 13.4. The number of hydrogen-bond acceptors (Lipinski definition) is 3. The SMILES string of the molecule is C[C@@H](c1ccc(Cl)cc1)N1CCC(CCC(C)(C)O)(c2ccc(F)cc2)OC1=O. The largest absolute Gasteiger partial charge is 0.438 e. The zero-order valence-corrected chi connectivity index (χ0v) is 17.7. The molecule has 1 heterocycles. The van der Waals surface area contributed by atoms with Crippen LogP contribution in [0.1, 0.15) is 57.2 Å². The summed E-state index contributed by atoms with van der Waals surface area (Å²) >= 11 is 5.97. The minimum atomic E-state index is -0.896. The maximum Gasteiger partial charge on any atom is 0.411 e. The van der Waals surface area contributed by atoms with Gasteiger partial charge >= 0.3 is 6.09 Å². The Labute approximate surface area is 176 Å². The minimum absolute atomic E-state index is 0.166. The molecular weight excluding hydrogens is 393 g/mol. The van der Waals surface area contributed by atoms with Crippen molar-refractivity contribution in [3.63, 3.8) is 0 Å². The van der Waals surface area contributed by atoms with Crippen LogP contribution < -0.4 is 0 Å². The van der Waals surface area contributed by atoms with Crippen LogP contribution >= 0.6 is 11.6 Å². The highest BCUT2D eigenvalue weighted by Gasteiger charge is 2.44. The van der Waals surface area contributed by atoms with Crippen LogP contribution in [0.15, 0.2) is 48.5 Å². The number of benzene rings is 2. The lowest BCUT2D eigenvalue weighted by molar-refractivity contribution is -0.0768. The molecular formula is C23H27ClFNO3. The van der Waals surface area contributed by atoms with E-state index in [1.807, 2.05) is 19.1 Å². The third kappa shape index (κ3) is 5.09. The van der Waals surface area contributed by atoms with Gasteiger partial charge in [0.15, 0.2) is 0 Å². The van der Waals surface area contributed by atoms with Gasteiger partial charge in [0.25, 0.3) is 0 Å². The quantitative estimate of drug-likeness (QED) is 0.640. The van der Waals surface area contributed by atoms with Crippen LogP contribution in [0, 0.1) is 5.82 Å².